The molecule has 1 saturated heterocycles. The molecule has 2 N–H and O–H groups in total. The zero-order valence-electron chi connectivity index (χ0n) is 23.7. The lowest BCUT2D eigenvalue weighted by Crippen LogP contribution is -2.56. The SMILES string of the molecule is CC(OCc1ccccc1)C(NC(=O)OCC1c2ccccc2-c2ccccc21)C(=O)N1CCC2(CC1)CC2C(=O)O. The first-order valence-corrected chi connectivity index (χ1v) is 14.6. The van der Waals surface area contributed by atoms with Crippen molar-refractivity contribution < 1.29 is 29.0 Å². The number of nitrogens with one attached hydrogen (secondary N) is 1. The first-order valence-electron chi connectivity index (χ1n) is 14.6. The number of piperidine rings is 1. The lowest BCUT2D eigenvalue weighted by atomic mass is 9.90. The predicted octanol–water partition coefficient (Wildman–Crippen LogP) is 5.21. The number of likely N-dealkylation sites (tertiary alicyclic amines) is 1. The number of carbonyl (C=O) groups is 3. The molecule has 42 heavy (non-hydrogen) atoms. The van der Waals surface area contributed by atoms with Crippen molar-refractivity contribution in [1.29, 1.82) is 0 Å². The van der Waals surface area contributed by atoms with Gasteiger partial charge in [-0.3, -0.25) is 9.59 Å². The van der Waals surface area contributed by atoms with Gasteiger partial charge in [-0.25, -0.2) is 4.79 Å². The number of hydrogen-bond donors (Lipinski definition) is 2. The first-order chi connectivity index (χ1) is 20.4. The Morgan fingerprint density at radius 2 is 1.52 bits per heavy atom. The second kappa shape index (κ2) is 11.6. The van der Waals surface area contributed by atoms with E-state index >= 15 is 0 Å². The van der Waals surface area contributed by atoms with E-state index in [1.165, 1.54) is 0 Å². The number of rotatable bonds is 9. The number of fused-ring (bicyclic) bond motifs is 3. The van der Waals surface area contributed by atoms with Crippen molar-refractivity contribution in [3.63, 3.8) is 0 Å². The third kappa shape index (κ3) is 5.51. The molecule has 8 nitrogen and oxygen atoms in total. The number of amides is 2. The van der Waals surface area contributed by atoms with Crippen LogP contribution in [-0.2, 0) is 25.7 Å². The van der Waals surface area contributed by atoms with E-state index in [0.717, 1.165) is 27.8 Å². The molecule has 3 unspecified atom stereocenters. The maximum absolute atomic E-state index is 13.8. The molecule has 3 atom stereocenters. The molecule has 2 aliphatic carbocycles. The highest BCUT2D eigenvalue weighted by Gasteiger charge is 2.59. The summed E-state index contributed by atoms with van der Waals surface area (Å²) in [4.78, 5) is 40.2. The fraction of sp³-hybridized carbons (Fsp3) is 0.382. The van der Waals surface area contributed by atoms with Crippen LogP contribution in [0.1, 0.15) is 48.8 Å². The number of hydrogen-bond acceptors (Lipinski definition) is 5. The van der Waals surface area contributed by atoms with Crippen LogP contribution in [0.2, 0.25) is 0 Å². The number of nitrogens with zero attached hydrogens (tertiary/aromatic N) is 1. The third-order valence-electron chi connectivity index (χ3n) is 9.27. The van der Waals surface area contributed by atoms with Gasteiger partial charge in [0.25, 0.3) is 0 Å². The monoisotopic (exact) mass is 568 g/mol. The highest BCUT2D eigenvalue weighted by Crippen LogP contribution is 2.59. The van der Waals surface area contributed by atoms with Gasteiger partial charge >= 0.3 is 12.1 Å². The Labute approximate surface area is 245 Å². The second-order valence-corrected chi connectivity index (χ2v) is 11.7. The summed E-state index contributed by atoms with van der Waals surface area (Å²) in [6.45, 7) is 3.13. The van der Waals surface area contributed by atoms with Crippen molar-refractivity contribution in [2.24, 2.45) is 11.3 Å². The summed E-state index contributed by atoms with van der Waals surface area (Å²) < 4.78 is 11.8. The Morgan fingerprint density at radius 1 is 0.929 bits per heavy atom. The fourth-order valence-corrected chi connectivity index (χ4v) is 6.66. The van der Waals surface area contributed by atoms with Gasteiger partial charge in [0.2, 0.25) is 5.91 Å². The number of aliphatic carboxylic acids is 1. The molecule has 1 spiro atoms. The summed E-state index contributed by atoms with van der Waals surface area (Å²) >= 11 is 0. The van der Waals surface area contributed by atoms with Crippen molar-refractivity contribution in [3.8, 4) is 11.1 Å². The van der Waals surface area contributed by atoms with Crippen LogP contribution in [0.3, 0.4) is 0 Å². The van der Waals surface area contributed by atoms with Gasteiger partial charge in [-0.05, 0) is 59.4 Å². The van der Waals surface area contributed by atoms with E-state index in [1.54, 1.807) is 11.8 Å². The molecule has 2 amide bonds. The van der Waals surface area contributed by atoms with E-state index in [1.807, 2.05) is 54.6 Å². The van der Waals surface area contributed by atoms with Crippen molar-refractivity contribution in [2.45, 2.75) is 50.9 Å². The average Bonchev–Trinajstić information content (AvgIpc) is 3.63. The summed E-state index contributed by atoms with van der Waals surface area (Å²) in [5.41, 5.74) is 5.27. The number of carbonyl (C=O) groups excluding carboxylic acids is 2. The van der Waals surface area contributed by atoms with E-state index in [-0.39, 0.29) is 29.8 Å². The second-order valence-electron chi connectivity index (χ2n) is 11.7. The van der Waals surface area contributed by atoms with Crippen molar-refractivity contribution >= 4 is 18.0 Å². The number of ether oxygens (including phenoxy) is 2. The zero-order chi connectivity index (χ0) is 29.3. The van der Waals surface area contributed by atoms with Gasteiger partial charge in [-0.1, -0.05) is 78.9 Å². The molecule has 1 aliphatic heterocycles. The summed E-state index contributed by atoms with van der Waals surface area (Å²) in [6, 6.07) is 25.0. The maximum Gasteiger partial charge on any atom is 0.407 e. The van der Waals surface area contributed by atoms with Gasteiger partial charge in [0, 0.05) is 19.0 Å². The van der Waals surface area contributed by atoms with Gasteiger partial charge < -0.3 is 24.8 Å². The van der Waals surface area contributed by atoms with Gasteiger partial charge in [0.05, 0.1) is 18.6 Å². The molecular weight excluding hydrogens is 532 g/mol. The Bertz CT molecular complexity index is 1420. The van der Waals surface area contributed by atoms with Crippen LogP contribution in [0.5, 0.6) is 0 Å². The molecule has 6 rings (SSSR count). The van der Waals surface area contributed by atoms with Crippen LogP contribution in [0.15, 0.2) is 78.9 Å². The molecule has 8 heteroatoms. The number of carboxylic acid groups (broad SMARTS) is 1. The molecule has 3 aromatic carbocycles. The van der Waals surface area contributed by atoms with E-state index in [4.69, 9.17) is 9.47 Å². The summed E-state index contributed by atoms with van der Waals surface area (Å²) in [6.07, 6.45) is 0.663. The van der Waals surface area contributed by atoms with Gasteiger partial charge in [0.1, 0.15) is 12.6 Å². The quantitative estimate of drug-likeness (QED) is 0.367. The topological polar surface area (TPSA) is 105 Å². The highest BCUT2D eigenvalue weighted by atomic mass is 16.5. The number of carboxylic acids is 1. The van der Waals surface area contributed by atoms with Gasteiger partial charge in [-0.2, -0.15) is 0 Å². The zero-order valence-corrected chi connectivity index (χ0v) is 23.7. The third-order valence-corrected chi connectivity index (χ3v) is 9.27. The Morgan fingerprint density at radius 3 is 2.12 bits per heavy atom. The normalized spacial score (nSPS) is 19.8. The summed E-state index contributed by atoms with van der Waals surface area (Å²) in [7, 11) is 0. The Kier molecular flexibility index (Phi) is 7.73. The highest BCUT2D eigenvalue weighted by molar-refractivity contribution is 5.86. The molecule has 3 aromatic rings. The van der Waals surface area contributed by atoms with Crippen molar-refractivity contribution in [2.75, 3.05) is 19.7 Å². The van der Waals surface area contributed by atoms with E-state index in [2.05, 4.69) is 29.6 Å². The first kappa shape index (κ1) is 28.0. The molecule has 0 aromatic heterocycles. The molecule has 2 fully saturated rings. The van der Waals surface area contributed by atoms with Crippen molar-refractivity contribution in [1.82, 2.24) is 10.2 Å². The van der Waals surface area contributed by atoms with Crippen LogP contribution in [0, 0.1) is 11.3 Å². The molecule has 3 aliphatic rings. The molecule has 1 saturated carbocycles. The molecule has 0 radical (unpaired) electrons. The van der Waals surface area contributed by atoms with E-state index < -0.39 is 24.2 Å². The predicted molar refractivity (Wildman–Crippen MR) is 157 cm³/mol. The smallest absolute Gasteiger partial charge is 0.407 e. The van der Waals surface area contributed by atoms with Crippen LogP contribution in [0.25, 0.3) is 11.1 Å². The van der Waals surface area contributed by atoms with E-state index in [0.29, 0.717) is 39.0 Å². The minimum absolute atomic E-state index is 0.0944. The van der Waals surface area contributed by atoms with Crippen LogP contribution in [-0.4, -0.2) is 59.8 Å². The molecule has 218 valence electrons. The van der Waals surface area contributed by atoms with Crippen LogP contribution in [0.4, 0.5) is 4.79 Å². The maximum atomic E-state index is 13.8. The molecular formula is C34H36N2O6. The fourth-order valence-electron chi connectivity index (χ4n) is 6.66. The average molecular weight is 569 g/mol. The van der Waals surface area contributed by atoms with Gasteiger partial charge in [-0.15, -0.1) is 0 Å². The Balaban J connectivity index is 1.13. The Hall–Kier alpha value is -4.17. The lowest BCUT2D eigenvalue weighted by Gasteiger charge is -2.36. The van der Waals surface area contributed by atoms with Crippen molar-refractivity contribution in [3.05, 3.63) is 95.6 Å². The standard InChI is InChI=1S/C34H36N2O6/c1-22(41-20-23-9-3-2-4-10-23)30(31(37)36-17-15-34(16-18-36)19-29(34)32(38)39)35-33(40)42-21-28-26-13-7-5-11-24(26)25-12-6-8-14-27(25)28/h2-14,22,28-30H,15-21H2,1H3,(H,35,40)(H,38,39). The minimum Gasteiger partial charge on any atom is -0.481 e. The largest absolute Gasteiger partial charge is 0.481 e. The molecule has 1 heterocycles. The van der Waals surface area contributed by atoms with Gasteiger partial charge in [0.15, 0.2) is 0 Å². The number of benzene rings is 3. The van der Waals surface area contributed by atoms with E-state index in [9.17, 15) is 19.5 Å². The summed E-state index contributed by atoms with van der Waals surface area (Å²) in [5.74, 6) is -1.42. The van der Waals surface area contributed by atoms with Crippen LogP contribution < -0.4 is 5.32 Å². The number of alkyl carbamates (subject to hydrolysis) is 1. The lowest BCUT2D eigenvalue weighted by molar-refractivity contribution is -0.140. The summed E-state index contributed by atoms with van der Waals surface area (Å²) in [5, 5.41) is 12.3. The van der Waals surface area contributed by atoms with Crippen LogP contribution >= 0.6 is 0 Å². The molecule has 0 bridgehead atoms. The minimum atomic E-state index is -0.951.